The molecule has 3 heteroatoms. The predicted octanol–water partition coefficient (Wildman–Crippen LogP) is 2.77. The van der Waals surface area contributed by atoms with Gasteiger partial charge in [-0.15, -0.1) is 0 Å². The van der Waals surface area contributed by atoms with Gasteiger partial charge in [0.2, 0.25) is 0 Å². The second-order valence-electron chi connectivity index (χ2n) is 13.3. The molecular weight excluding hydrogens is 558 g/mol. The Morgan fingerprint density at radius 2 is 1.08 bits per heavy atom. The Balaban J connectivity index is 0.00000133. The average molecular weight is 599 g/mol. The van der Waals surface area contributed by atoms with Crippen LogP contribution >= 0.6 is 0 Å². The number of fused-ring (bicyclic) bond motifs is 8. The molecule has 36 heavy (non-hydrogen) atoms. The van der Waals surface area contributed by atoms with Crippen molar-refractivity contribution in [2.45, 2.75) is 46.0 Å². The third-order valence-electron chi connectivity index (χ3n) is 10.8. The van der Waals surface area contributed by atoms with Gasteiger partial charge in [0.05, 0.1) is 0 Å². The molecule has 0 aromatic carbocycles. The smallest absolute Gasteiger partial charge is 1.00 e. The van der Waals surface area contributed by atoms with Gasteiger partial charge in [-0.25, -0.2) is 0 Å². The third kappa shape index (κ3) is 3.77. The van der Waals surface area contributed by atoms with E-state index in [1.165, 1.54) is 6.42 Å². The van der Waals surface area contributed by atoms with Gasteiger partial charge in [0.25, 0.3) is 0 Å². The van der Waals surface area contributed by atoms with Crippen molar-refractivity contribution >= 4 is 0 Å². The van der Waals surface area contributed by atoms with Crippen LogP contribution in [0.1, 0.15) is 34.1 Å². The maximum Gasteiger partial charge on any atom is -1.00 e. The van der Waals surface area contributed by atoms with Gasteiger partial charge < -0.3 is 24.8 Å². The summed E-state index contributed by atoms with van der Waals surface area (Å²) in [7, 11) is 0. The largest absolute Gasteiger partial charge is 1.00 e. The van der Waals surface area contributed by atoms with Crippen molar-refractivity contribution in [3.05, 3.63) is 93.4 Å². The number of rotatable bonds is 2. The fraction of sp³-hybridized carbons (Fsp3) is 0.515. The summed E-state index contributed by atoms with van der Waals surface area (Å²) in [6.45, 7) is 9.84. The molecule has 7 aliphatic rings. The van der Waals surface area contributed by atoms with Crippen LogP contribution in [0.25, 0.3) is 0 Å². The number of halogens is 2. The molecule has 1 heterocycles. The van der Waals surface area contributed by atoms with Gasteiger partial charge >= 0.3 is 212 Å². The van der Waals surface area contributed by atoms with E-state index in [2.05, 4.69) is 107 Å². The molecule has 0 bridgehead atoms. The zero-order valence-corrected chi connectivity index (χ0v) is 26.0. The van der Waals surface area contributed by atoms with Gasteiger partial charge in [0.1, 0.15) is 0 Å². The van der Waals surface area contributed by atoms with Crippen LogP contribution in [0.5, 0.6) is 0 Å². The van der Waals surface area contributed by atoms with Crippen molar-refractivity contribution in [1.29, 1.82) is 0 Å². The molecule has 1 aliphatic heterocycles. The predicted molar refractivity (Wildman–Crippen MR) is 141 cm³/mol. The van der Waals surface area contributed by atoms with Crippen LogP contribution in [0.3, 0.4) is 0 Å². The fourth-order valence-electron chi connectivity index (χ4n) is 9.87. The van der Waals surface area contributed by atoms with E-state index in [4.69, 9.17) is 0 Å². The molecule has 9 atom stereocenters. The molecule has 190 valence electrons. The first-order chi connectivity index (χ1) is 16.4. The van der Waals surface area contributed by atoms with Crippen molar-refractivity contribution in [2.75, 3.05) is 0 Å². The molecule has 0 radical (unpaired) electrons. The second-order valence-corrected chi connectivity index (χ2v) is 24.6. The van der Waals surface area contributed by atoms with E-state index in [9.17, 15) is 0 Å². The minimum absolute atomic E-state index is 0. The van der Waals surface area contributed by atoms with Gasteiger partial charge in [-0.2, -0.15) is 0 Å². The van der Waals surface area contributed by atoms with E-state index < -0.39 is 20.3 Å². The molecule has 0 amide bonds. The summed E-state index contributed by atoms with van der Waals surface area (Å²) in [6.07, 6.45) is 33.9. The monoisotopic (exact) mass is 596 g/mol. The molecule has 7 rings (SSSR count). The van der Waals surface area contributed by atoms with Gasteiger partial charge in [-0.1, -0.05) is 0 Å². The van der Waals surface area contributed by atoms with Crippen molar-refractivity contribution in [3.63, 3.8) is 0 Å². The van der Waals surface area contributed by atoms with Gasteiger partial charge in [-0.3, -0.25) is 0 Å². The van der Waals surface area contributed by atoms with Crippen LogP contribution in [0.15, 0.2) is 93.4 Å². The summed E-state index contributed by atoms with van der Waals surface area (Å²) >= 11 is -2.49. The van der Waals surface area contributed by atoms with Crippen molar-refractivity contribution in [3.8, 4) is 0 Å². The Labute approximate surface area is 235 Å². The molecule has 0 spiro atoms. The van der Waals surface area contributed by atoms with Crippen LogP contribution in [0, 0.1) is 52.8 Å². The molecule has 6 aliphatic carbocycles. The van der Waals surface area contributed by atoms with E-state index in [0.717, 1.165) is 33.2 Å². The summed E-state index contributed by atoms with van der Waals surface area (Å²) in [5, 5.41) is 0. The summed E-state index contributed by atoms with van der Waals surface area (Å²) < 4.78 is 6.24. The molecule has 2 saturated carbocycles. The number of hydrogen-bond donors (Lipinski definition) is 0. The summed E-state index contributed by atoms with van der Waals surface area (Å²) in [5.41, 5.74) is 3.68. The number of allylic oxidation sites excluding steroid dienone is 16. The first-order valence-corrected chi connectivity index (χ1v) is 20.0. The van der Waals surface area contributed by atoms with E-state index in [-0.39, 0.29) is 30.2 Å². The van der Waals surface area contributed by atoms with Crippen LogP contribution < -0.4 is 24.8 Å². The summed E-state index contributed by atoms with van der Waals surface area (Å²) in [6, 6.07) is 0. The SMILES string of the molecule is CC1=CC[C]([Zr+2]2([CH]3C4C=CC=CC4C4C5C=CC=CC5C5C=CC=CC5C43)[CH2][CH2]2)=C1C(C)(C)C.[Cl-].[Cl-]. The third-order valence-corrected chi connectivity index (χ3v) is 23.8. The van der Waals surface area contributed by atoms with Crippen molar-refractivity contribution in [2.24, 2.45) is 52.8 Å². The molecule has 0 N–H and O–H groups in total. The van der Waals surface area contributed by atoms with E-state index in [0.29, 0.717) is 17.8 Å². The first kappa shape index (κ1) is 27.0. The molecule has 1 saturated heterocycles. The minimum Gasteiger partial charge on any atom is -1.00 e. The van der Waals surface area contributed by atoms with Gasteiger partial charge in [-0.05, 0) is 0 Å². The van der Waals surface area contributed by atoms with Gasteiger partial charge in [0, 0.05) is 0 Å². The first-order valence-electron chi connectivity index (χ1n) is 13.9. The molecule has 3 fully saturated rings. The molecule has 0 aromatic rings. The van der Waals surface area contributed by atoms with E-state index >= 15 is 0 Å². The summed E-state index contributed by atoms with van der Waals surface area (Å²) in [5.74, 6) is 6.01. The van der Waals surface area contributed by atoms with Crippen LogP contribution in [0.2, 0.25) is 11.9 Å². The Kier molecular flexibility index (Phi) is 7.15. The zero-order chi connectivity index (χ0) is 23.2. The molecular formula is C33H40Cl2Zr. The van der Waals surface area contributed by atoms with Crippen molar-refractivity contribution < 1.29 is 45.1 Å². The second kappa shape index (κ2) is 9.54. The average Bonchev–Trinajstić information content (AvgIpc) is 3.39. The molecule has 0 aromatic heterocycles. The molecule has 0 nitrogen and oxygen atoms in total. The Morgan fingerprint density at radius 1 is 0.639 bits per heavy atom. The zero-order valence-electron chi connectivity index (χ0n) is 22.1. The minimum atomic E-state index is -2.49. The number of hydrogen-bond acceptors (Lipinski definition) is 0. The fourth-order valence-corrected chi connectivity index (χ4v) is 28.0. The Morgan fingerprint density at radius 3 is 1.58 bits per heavy atom. The standard InChI is InChI=1S/C21H21.C10H15.C2H4.2ClH.Zr/c1-2-8-15-14(7-1)13-20-18-11-4-3-9-16(18)17-10-5-6-12-19(17)21(15)20;1-8-6-5-7-9(8)10(2,3)4;1-2;;;/h1-21H;6H,5H2,1-4H3;1-2H2;2*1H;/q;;;;;+2/p-2. The summed E-state index contributed by atoms with van der Waals surface area (Å²) in [4.78, 5) is 0. The van der Waals surface area contributed by atoms with Crippen LogP contribution in [-0.4, -0.2) is 0 Å². The van der Waals surface area contributed by atoms with Gasteiger partial charge in [0.15, 0.2) is 0 Å². The Hall–Kier alpha value is -0.617. The van der Waals surface area contributed by atoms with E-state index in [1.54, 1.807) is 19.4 Å². The maximum absolute atomic E-state index is 2.69. The Bertz CT molecular complexity index is 1150. The van der Waals surface area contributed by atoms with Crippen LogP contribution in [-0.2, 0) is 20.3 Å². The van der Waals surface area contributed by atoms with E-state index in [1.807, 2.05) is 3.28 Å². The normalized spacial score (nSPS) is 41.2. The maximum atomic E-state index is 2.69. The topological polar surface area (TPSA) is 0 Å². The van der Waals surface area contributed by atoms with Crippen molar-refractivity contribution in [1.82, 2.24) is 0 Å². The quantitative estimate of drug-likeness (QED) is 0.459. The molecule has 9 unspecified atom stereocenters. The van der Waals surface area contributed by atoms with Crippen LogP contribution in [0.4, 0.5) is 0 Å².